The maximum atomic E-state index is 3.70. The van der Waals surface area contributed by atoms with Crippen molar-refractivity contribution in [3.05, 3.63) is 34.9 Å². The van der Waals surface area contributed by atoms with E-state index in [1.54, 1.807) is 0 Å². The Balaban J connectivity index is 2.16. The summed E-state index contributed by atoms with van der Waals surface area (Å²) in [6.45, 7) is 14.8. The van der Waals surface area contributed by atoms with E-state index in [0.29, 0.717) is 18.0 Å². The molecule has 2 unspecified atom stereocenters. The molecule has 2 heteroatoms. The molecule has 1 aliphatic heterocycles. The highest BCUT2D eigenvalue weighted by Crippen LogP contribution is 2.21. The molecular formula is C18H30N2. The molecule has 0 bridgehead atoms. The van der Waals surface area contributed by atoms with Gasteiger partial charge < -0.3 is 5.32 Å². The largest absolute Gasteiger partial charge is 0.311 e. The van der Waals surface area contributed by atoms with Crippen molar-refractivity contribution in [3.8, 4) is 0 Å². The molecule has 0 aromatic heterocycles. The van der Waals surface area contributed by atoms with Crippen LogP contribution in [0.1, 0.15) is 43.9 Å². The maximum Gasteiger partial charge on any atom is 0.0247 e. The minimum Gasteiger partial charge on any atom is -0.311 e. The van der Waals surface area contributed by atoms with E-state index < -0.39 is 0 Å². The Morgan fingerprint density at radius 2 is 2.05 bits per heavy atom. The third kappa shape index (κ3) is 3.62. The summed E-state index contributed by atoms with van der Waals surface area (Å²) in [5.41, 5.74) is 4.28. The fourth-order valence-electron chi connectivity index (χ4n) is 3.20. The lowest BCUT2D eigenvalue weighted by Crippen LogP contribution is -2.57. The zero-order chi connectivity index (χ0) is 14.7. The van der Waals surface area contributed by atoms with Crippen LogP contribution < -0.4 is 5.32 Å². The number of hydrogen-bond donors (Lipinski definition) is 1. The first-order valence-corrected chi connectivity index (χ1v) is 8.04. The van der Waals surface area contributed by atoms with Crippen LogP contribution >= 0.6 is 0 Å². The third-order valence-corrected chi connectivity index (χ3v) is 4.68. The molecule has 0 radical (unpaired) electrons. The lowest BCUT2D eigenvalue weighted by atomic mass is 9.96. The first-order valence-electron chi connectivity index (χ1n) is 8.04. The molecule has 1 heterocycles. The SMILES string of the molecule is CCC1CN(Cc2cc(C)ccc2C)C(C(C)C)CN1. The Bertz CT molecular complexity index is 439. The van der Waals surface area contributed by atoms with E-state index in [1.165, 1.54) is 29.7 Å². The standard InChI is InChI=1S/C18H30N2/c1-6-17-12-20(18(10-19-17)13(2)3)11-16-9-14(4)7-8-15(16)5/h7-9,13,17-19H,6,10-12H2,1-5H3. The van der Waals surface area contributed by atoms with Crippen molar-refractivity contribution in [3.63, 3.8) is 0 Å². The Labute approximate surface area is 124 Å². The van der Waals surface area contributed by atoms with Gasteiger partial charge in [-0.15, -0.1) is 0 Å². The normalized spacial score (nSPS) is 24.3. The van der Waals surface area contributed by atoms with Gasteiger partial charge in [0.15, 0.2) is 0 Å². The number of benzene rings is 1. The first kappa shape index (κ1) is 15.5. The molecule has 0 saturated carbocycles. The Morgan fingerprint density at radius 1 is 1.30 bits per heavy atom. The molecule has 112 valence electrons. The molecule has 0 aliphatic carbocycles. The quantitative estimate of drug-likeness (QED) is 0.904. The van der Waals surface area contributed by atoms with E-state index in [0.717, 1.165) is 13.1 Å². The molecule has 20 heavy (non-hydrogen) atoms. The van der Waals surface area contributed by atoms with Crippen molar-refractivity contribution in [1.29, 1.82) is 0 Å². The van der Waals surface area contributed by atoms with Gasteiger partial charge in [0.1, 0.15) is 0 Å². The fraction of sp³-hybridized carbons (Fsp3) is 0.667. The molecule has 1 aliphatic rings. The van der Waals surface area contributed by atoms with Crippen LogP contribution in [0.25, 0.3) is 0 Å². The Morgan fingerprint density at radius 3 is 2.70 bits per heavy atom. The van der Waals surface area contributed by atoms with Gasteiger partial charge in [-0.25, -0.2) is 0 Å². The van der Waals surface area contributed by atoms with Crippen LogP contribution in [0.2, 0.25) is 0 Å². The molecular weight excluding hydrogens is 244 g/mol. The highest BCUT2D eigenvalue weighted by atomic mass is 15.2. The van der Waals surface area contributed by atoms with Crippen LogP contribution in [-0.2, 0) is 6.54 Å². The van der Waals surface area contributed by atoms with Gasteiger partial charge in [0.2, 0.25) is 0 Å². The summed E-state index contributed by atoms with van der Waals surface area (Å²) in [6, 6.07) is 8.13. The fourth-order valence-corrected chi connectivity index (χ4v) is 3.20. The smallest absolute Gasteiger partial charge is 0.0247 e. The van der Waals surface area contributed by atoms with E-state index >= 15 is 0 Å². The number of nitrogens with zero attached hydrogens (tertiary/aromatic N) is 1. The molecule has 0 spiro atoms. The summed E-state index contributed by atoms with van der Waals surface area (Å²) in [5.74, 6) is 0.699. The second kappa shape index (κ2) is 6.73. The number of rotatable bonds is 4. The van der Waals surface area contributed by atoms with E-state index in [2.05, 4.69) is 63.0 Å². The lowest BCUT2D eigenvalue weighted by Gasteiger charge is -2.42. The number of hydrogen-bond acceptors (Lipinski definition) is 2. The van der Waals surface area contributed by atoms with E-state index in [1.807, 2.05) is 0 Å². The molecule has 2 nitrogen and oxygen atoms in total. The van der Waals surface area contributed by atoms with Crippen LogP contribution in [0.4, 0.5) is 0 Å². The molecule has 1 N–H and O–H groups in total. The van der Waals surface area contributed by atoms with Gasteiger partial charge in [-0.1, -0.05) is 44.5 Å². The second-order valence-corrected chi connectivity index (χ2v) is 6.68. The molecule has 1 aromatic carbocycles. The molecule has 2 atom stereocenters. The van der Waals surface area contributed by atoms with Gasteiger partial charge in [-0.05, 0) is 37.3 Å². The molecule has 0 amide bonds. The van der Waals surface area contributed by atoms with Gasteiger partial charge in [0.05, 0.1) is 0 Å². The summed E-state index contributed by atoms with van der Waals surface area (Å²) >= 11 is 0. The van der Waals surface area contributed by atoms with Crippen LogP contribution in [0, 0.1) is 19.8 Å². The second-order valence-electron chi connectivity index (χ2n) is 6.68. The van der Waals surface area contributed by atoms with Gasteiger partial charge >= 0.3 is 0 Å². The van der Waals surface area contributed by atoms with Gasteiger partial charge in [0.25, 0.3) is 0 Å². The maximum absolute atomic E-state index is 3.70. The number of piperazine rings is 1. The monoisotopic (exact) mass is 274 g/mol. The van der Waals surface area contributed by atoms with E-state index in [9.17, 15) is 0 Å². The van der Waals surface area contributed by atoms with Crippen molar-refractivity contribution in [2.75, 3.05) is 13.1 Å². The summed E-state index contributed by atoms with van der Waals surface area (Å²) in [5, 5.41) is 3.70. The van der Waals surface area contributed by atoms with Crippen molar-refractivity contribution in [2.24, 2.45) is 5.92 Å². The minimum absolute atomic E-state index is 0.648. The van der Waals surface area contributed by atoms with Crippen LogP contribution in [0.5, 0.6) is 0 Å². The first-order chi connectivity index (χ1) is 9.51. The van der Waals surface area contributed by atoms with Gasteiger partial charge in [-0.3, -0.25) is 4.90 Å². The predicted molar refractivity (Wildman–Crippen MR) is 87.0 cm³/mol. The summed E-state index contributed by atoms with van der Waals surface area (Å²) in [6.07, 6.45) is 1.22. The minimum atomic E-state index is 0.648. The molecule has 1 aromatic rings. The Hall–Kier alpha value is -0.860. The average molecular weight is 274 g/mol. The van der Waals surface area contributed by atoms with Gasteiger partial charge in [-0.2, -0.15) is 0 Å². The zero-order valence-corrected chi connectivity index (χ0v) is 13.7. The summed E-state index contributed by atoms with van der Waals surface area (Å²) in [4.78, 5) is 2.69. The van der Waals surface area contributed by atoms with Crippen LogP contribution in [0.3, 0.4) is 0 Å². The topological polar surface area (TPSA) is 15.3 Å². The highest BCUT2D eigenvalue weighted by molar-refractivity contribution is 5.30. The summed E-state index contributed by atoms with van der Waals surface area (Å²) in [7, 11) is 0. The van der Waals surface area contributed by atoms with E-state index in [4.69, 9.17) is 0 Å². The zero-order valence-electron chi connectivity index (χ0n) is 13.7. The van der Waals surface area contributed by atoms with Crippen molar-refractivity contribution in [2.45, 2.75) is 59.7 Å². The number of nitrogens with one attached hydrogen (secondary N) is 1. The van der Waals surface area contributed by atoms with Gasteiger partial charge in [0, 0.05) is 31.7 Å². The Kier molecular flexibility index (Phi) is 5.22. The van der Waals surface area contributed by atoms with Crippen molar-refractivity contribution >= 4 is 0 Å². The summed E-state index contributed by atoms with van der Waals surface area (Å²) < 4.78 is 0. The predicted octanol–water partition coefficient (Wildman–Crippen LogP) is 3.51. The van der Waals surface area contributed by atoms with Crippen molar-refractivity contribution < 1.29 is 0 Å². The average Bonchev–Trinajstić information content (AvgIpc) is 2.42. The lowest BCUT2D eigenvalue weighted by molar-refractivity contribution is 0.0898. The third-order valence-electron chi connectivity index (χ3n) is 4.68. The molecule has 2 rings (SSSR count). The molecule has 1 fully saturated rings. The van der Waals surface area contributed by atoms with E-state index in [-0.39, 0.29) is 0 Å². The number of aryl methyl sites for hydroxylation is 2. The van der Waals surface area contributed by atoms with Crippen molar-refractivity contribution in [1.82, 2.24) is 10.2 Å². The molecule has 1 saturated heterocycles. The van der Waals surface area contributed by atoms with Crippen LogP contribution in [-0.4, -0.2) is 30.1 Å². The highest BCUT2D eigenvalue weighted by Gasteiger charge is 2.29. The van der Waals surface area contributed by atoms with Crippen LogP contribution in [0.15, 0.2) is 18.2 Å².